The van der Waals surface area contributed by atoms with Crippen molar-refractivity contribution < 1.29 is 9.90 Å². The molecule has 2 aromatic carbocycles. The van der Waals surface area contributed by atoms with Gasteiger partial charge in [-0.1, -0.05) is 34.1 Å². The van der Waals surface area contributed by atoms with Crippen molar-refractivity contribution in [3.8, 4) is 11.3 Å². The van der Waals surface area contributed by atoms with Gasteiger partial charge in [-0.15, -0.1) is 0 Å². The summed E-state index contributed by atoms with van der Waals surface area (Å²) in [5.41, 5.74) is 5.39. The van der Waals surface area contributed by atoms with Gasteiger partial charge in [-0.2, -0.15) is 0 Å². The number of amides is 1. The van der Waals surface area contributed by atoms with Crippen LogP contribution in [0.1, 0.15) is 11.1 Å². The molecule has 5 heteroatoms. The number of aliphatic hydroxyl groups is 1. The number of benzene rings is 2. The van der Waals surface area contributed by atoms with Crippen LogP contribution in [0.25, 0.3) is 22.2 Å². The van der Waals surface area contributed by atoms with Crippen LogP contribution >= 0.6 is 15.9 Å². The summed E-state index contributed by atoms with van der Waals surface area (Å²) in [6.45, 7) is -0.0524. The fraction of sp³-hybridized carbons (Fsp3) is 0.118. The molecule has 4 rings (SSSR count). The number of carbonyl (C=O) groups is 1. The van der Waals surface area contributed by atoms with E-state index in [-0.39, 0.29) is 12.5 Å². The molecule has 0 bridgehead atoms. The summed E-state index contributed by atoms with van der Waals surface area (Å²) < 4.78 is 0.892. The third kappa shape index (κ3) is 1.97. The van der Waals surface area contributed by atoms with E-state index in [2.05, 4.69) is 26.2 Å². The van der Waals surface area contributed by atoms with Gasteiger partial charge in [0.05, 0.1) is 29.9 Å². The molecule has 0 saturated carbocycles. The van der Waals surface area contributed by atoms with Crippen LogP contribution in [0.4, 0.5) is 5.69 Å². The highest BCUT2D eigenvalue weighted by molar-refractivity contribution is 9.10. The van der Waals surface area contributed by atoms with E-state index in [1.54, 1.807) is 0 Å². The first-order valence-electron chi connectivity index (χ1n) is 7.00. The molecule has 3 aromatic rings. The molecule has 1 amide bonds. The minimum Gasteiger partial charge on any atom is -0.392 e. The van der Waals surface area contributed by atoms with Crippen LogP contribution in [0.3, 0.4) is 0 Å². The van der Waals surface area contributed by atoms with Gasteiger partial charge >= 0.3 is 0 Å². The lowest BCUT2D eigenvalue weighted by atomic mass is 10.0. The fourth-order valence-corrected chi connectivity index (χ4v) is 3.59. The summed E-state index contributed by atoms with van der Waals surface area (Å²) in [5, 5.41) is 13.5. The average molecular weight is 357 g/mol. The lowest BCUT2D eigenvalue weighted by Gasteiger charge is -2.06. The van der Waals surface area contributed by atoms with Crippen molar-refractivity contribution >= 4 is 38.4 Å². The Labute approximate surface area is 135 Å². The maximum Gasteiger partial charge on any atom is 0.228 e. The highest BCUT2D eigenvalue weighted by Crippen LogP contribution is 2.39. The second-order valence-electron chi connectivity index (χ2n) is 5.39. The van der Waals surface area contributed by atoms with E-state index in [0.29, 0.717) is 6.42 Å². The van der Waals surface area contributed by atoms with Gasteiger partial charge in [0.2, 0.25) is 5.91 Å². The maximum absolute atomic E-state index is 12.2. The molecule has 0 atom stereocenters. The zero-order chi connectivity index (χ0) is 15.3. The van der Waals surface area contributed by atoms with Crippen molar-refractivity contribution in [3.63, 3.8) is 0 Å². The zero-order valence-electron chi connectivity index (χ0n) is 11.6. The third-order valence-electron chi connectivity index (χ3n) is 4.04. The van der Waals surface area contributed by atoms with Crippen molar-refractivity contribution in [2.45, 2.75) is 13.0 Å². The van der Waals surface area contributed by atoms with Crippen molar-refractivity contribution in [1.82, 2.24) is 4.98 Å². The lowest BCUT2D eigenvalue weighted by Crippen LogP contribution is -2.12. The Kier molecular flexibility index (Phi) is 3.06. The van der Waals surface area contributed by atoms with Gasteiger partial charge < -0.3 is 15.4 Å². The number of nitrogens with one attached hydrogen (secondary N) is 2. The van der Waals surface area contributed by atoms with E-state index in [1.165, 1.54) is 0 Å². The molecular formula is C17H13BrN2O2. The van der Waals surface area contributed by atoms with Crippen LogP contribution in [0.5, 0.6) is 0 Å². The molecule has 0 aliphatic carbocycles. The van der Waals surface area contributed by atoms with Gasteiger partial charge in [-0.25, -0.2) is 0 Å². The first-order valence-corrected chi connectivity index (χ1v) is 7.80. The summed E-state index contributed by atoms with van der Waals surface area (Å²) >= 11 is 3.48. The van der Waals surface area contributed by atoms with Gasteiger partial charge in [0.25, 0.3) is 0 Å². The Morgan fingerprint density at radius 3 is 2.86 bits per heavy atom. The topological polar surface area (TPSA) is 65.1 Å². The molecule has 22 heavy (non-hydrogen) atoms. The maximum atomic E-state index is 12.2. The minimum absolute atomic E-state index is 0.0300. The van der Waals surface area contributed by atoms with Crippen molar-refractivity contribution in [3.05, 3.63) is 52.0 Å². The molecule has 0 spiro atoms. The van der Waals surface area contributed by atoms with Gasteiger partial charge in [-0.05, 0) is 23.8 Å². The predicted octanol–water partition coefficient (Wildman–Crippen LogP) is 3.58. The predicted molar refractivity (Wildman–Crippen MR) is 89.7 cm³/mol. The number of H-pyrrole nitrogens is 1. The second-order valence-corrected chi connectivity index (χ2v) is 6.31. The van der Waals surface area contributed by atoms with Crippen LogP contribution < -0.4 is 5.32 Å². The Morgan fingerprint density at radius 2 is 2.05 bits per heavy atom. The van der Waals surface area contributed by atoms with Crippen LogP contribution in [-0.4, -0.2) is 16.0 Å². The summed E-state index contributed by atoms with van der Waals surface area (Å²) in [5.74, 6) is -0.0300. The van der Waals surface area contributed by atoms with E-state index in [0.717, 1.165) is 43.4 Å². The molecule has 4 nitrogen and oxygen atoms in total. The van der Waals surface area contributed by atoms with Gasteiger partial charge in [-0.3, -0.25) is 4.79 Å². The summed E-state index contributed by atoms with van der Waals surface area (Å²) in [7, 11) is 0. The Hall–Kier alpha value is -2.11. The third-order valence-corrected chi connectivity index (χ3v) is 4.50. The van der Waals surface area contributed by atoms with Crippen LogP contribution in [-0.2, 0) is 17.8 Å². The molecule has 0 unspecified atom stereocenters. The van der Waals surface area contributed by atoms with Gasteiger partial charge in [0.15, 0.2) is 0 Å². The quantitative estimate of drug-likeness (QED) is 0.623. The van der Waals surface area contributed by atoms with Gasteiger partial charge in [0, 0.05) is 21.0 Å². The molecular weight excluding hydrogens is 344 g/mol. The van der Waals surface area contributed by atoms with Crippen LogP contribution in [0.2, 0.25) is 0 Å². The normalized spacial score (nSPS) is 13.5. The number of aromatic nitrogens is 1. The zero-order valence-corrected chi connectivity index (χ0v) is 13.2. The second kappa shape index (κ2) is 4.97. The summed E-state index contributed by atoms with van der Waals surface area (Å²) in [6.07, 6.45) is 0.311. The Morgan fingerprint density at radius 1 is 1.23 bits per heavy atom. The monoisotopic (exact) mass is 356 g/mol. The first-order chi connectivity index (χ1) is 10.7. The van der Waals surface area contributed by atoms with Crippen LogP contribution in [0.15, 0.2) is 40.9 Å². The Bertz CT molecular complexity index is 914. The number of hydrogen-bond donors (Lipinski definition) is 3. The number of carbonyl (C=O) groups excluding carboxylic acids is 1. The standard InChI is InChI=1S/C17H13BrN2O2/c18-10-5-9(8-21)16-12(6-10)13-7-15(22)19-14-4-2-1-3-11(14)17(13)20-16/h1-6,20-21H,7-8H2,(H,19,22). The summed E-state index contributed by atoms with van der Waals surface area (Å²) in [6, 6.07) is 11.6. The number of aromatic amines is 1. The SMILES string of the molecule is O=C1Cc2c([nH]c3c(CO)cc(Br)cc23)-c2ccccc2N1. The number of halogens is 1. The van der Waals surface area contributed by atoms with E-state index in [1.807, 2.05) is 36.4 Å². The van der Waals surface area contributed by atoms with Crippen LogP contribution in [0, 0.1) is 0 Å². The van der Waals surface area contributed by atoms with Crippen molar-refractivity contribution in [1.29, 1.82) is 0 Å². The van der Waals surface area contributed by atoms with E-state index in [4.69, 9.17) is 0 Å². The molecule has 1 aliphatic rings. The summed E-state index contributed by atoms with van der Waals surface area (Å²) in [4.78, 5) is 15.6. The number of para-hydroxylation sites is 1. The van der Waals surface area contributed by atoms with E-state index >= 15 is 0 Å². The highest BCUT2D eigenvalue weighted by atomic mass is 79.9. The smallest absolute Gasteiger partial charge is 0.228 e. The molecule has 0 fully saturated rings. The number of fused-ring (bicyclic) bond motifs is 5. The van der Waals surface area contributed by atoms with E-state index in [9.17, 15) is 9.90 Å². The Balaban J connectivity index is 2.11. The molecule has 1 aliphatic heterocycles. The number of aliphatic hydroxyl groups excluding tert-OH is 1. The molecule has 110 valence electrons. The lowest BCUT2D eigenvalue weighted by molar-refractivity contribution is -0.115. The molecule has 0 saturated heterocycles. The van der Waals surface area contributed by atoms with Crippen molar-refractivity contribution in [2.24, 2.45) is 0 Å². The minimum atomic E-state index is -0.0524. The first kappa shape index (κ1) is 13.5. The largest absolute Gasteiger partial charge is 0.392 e. The molecule has 1 aromatic heterocycles. The average Bonchev–Trinajstić information content (AvgIpc) is 2.78. The van der Waals surface area contributed by atoms with Crippen molar-refractivity contribution in [2.75, 3.05) is 5.32 Å². The highest BCUT2D eigenvalue weighted by Gasteiger charge is 2.23. The number of rotatable bonds is 1. The fourth-order valence-electron chi connectivity index (χ4n) is 3.09. The molecule has 0 radical (unpaired) electrons. The number of anilines is 1. The molecule has 2 heterocycles. The number of hydrogen-bond acceptors (Lipinski definition) is 2. The molecule has 3 N–H and O–H groups in total. The van der Waals surface area contributed by atoms with E-state index < -0.39 is 0 Å². The van der Waals surface area contributed by atoms with Gasteiger partial charge in [0.1, 0.15) is 0 Å².